The van der Waals surface area contributed by atoms with Crippen molar-refractivity contribution in [1.82, 2.24) is 0 Å². The maximum atomic E-state index is 11.9. The van der Waals surface area contributed by atoms with Crippen LogP contribution in [0.1, 0.15) is 24.2 Å². The highest BCUT2D eigenvalue weighted by atomic mass is 79.9. The van der Waals surface area contributed by atoms with Gasteiger partial charge in [0.05, 0.1) is 14.9 Å². The third kappa shape index (κ3) is 3.20. The molecule has 1 atom stereocenters. The second-order valence-corrected chi connectivity index (χ2v) is 5.44. The van der Waals surface area contributed by atoms with Gasteiger partial charge in [0, 0.05) is 5.56 Å². The summed E-state index contributed by atoms with van der Waals surface area (Å²) in [5, 5.41) is 0.870. The van der Waals surface area contributed by atoms with E-state index in [9.17, 15) is 4.79 Å². The van der Waals surface area contributed by atoms with E-state index in [1.54, 1.807) is 18.2 Å². The standard InChI is InChI=1S/C11H11BrCl2O/c1-6(2)10(12)11(15)7-3-4-8(13)9(14)5-7/h3-6,10H,1-2H3. The number of carbonyl (C=O) groups is 1. The second-order valence-electron chi connectivity index (χ2n) is 3.64. The Morgan fingerprint density at radius 3 is 2.33 bits per heavy atom. The van der Waals surface area contributed by atoms with Gasteiger partial charge in [-0.2, -0.15) is 0 Å². The molecule has 82 valence electrons. The molecule has 0 fully saturated rings. The van der Waals surface area contributed by atoms with Crippen molar-refractivity contribution in [2.24, 2.45) is 5.92 Å². The number of ketones is 1. The van der Waals surface area contributed by atoms with E-state index in [2.05, 4.69) is 15.9 Å². The minimum absolute atomic E-state index is 0.0311. The minimum Gasteiger partial charge on any atom is -0.293 e. The van der Waals surface area contributed by atoms with Gasteiger partial charge in [0.15, 0.2) is 5.78 Å². The number of hydrogen-bond donors (Lipinski definition) is 0. The number of carbonyl (C=O) groups excluding carboxylic acids is 1. The van der Waals surface area contributed by atoms with Crippen molar-refractivity contribution in [2.75, 3.05) is 0 Å². The van der Waals surface area contributed by atoms with Crippen LogP contribution in [0.4, 0.5) is 0 Å². The molecule has 1 aromatic carbocycles. The van der Waals surface area contributed by atoms with Gasteiger partial charge >= 0.3 is 0 Å². The van der Waals surface area contributed by atoms with E-state index in [-0.39, 0.29) is 16.5 Å². The lowest BCUT2D eigenvalue weighted by atomic mass is 10.0. The number of benzene rings is 1. The molecule has 1 nitrogen and oxygen atoms in total. The van der Waals surface area contributed by atoms with Crippen molar-refractivity contribution in [3.63, 3.8) is 0 Å². The van der Waals surface area contributed by atoms with Crippen LogP contribution in [0.15, 0.2) is 18.2 Å². The molecule has 1 rings (SSSR count). The zero-order valence-electron chi connectivity index (χ0n) is 8.43. The van der Waals surface area contributed by atoms with Crippen LogP contribution in [0, 0.1) is 5.92 Å². The normalized spacial score (nSPS) is 12.9. The summed E-state index contributed by atoms with van der Waals surface area (Å²) in [6.45, 7) is 3.96. The molecule has 0 saturated carbocycles. The van der Waals surface area contributed by atoms with Gasteiger partial charge in [0.2, 0.25) is 0 Å². The summed E-state index contributed by atoms with van der Waals surface area (Å²) in [5.41, 5.74) is 0.583. The van der Waals surface area contributed by atoms with Crippen LogP contribution in [0.5, 0.6) is 0 Å². The molecule has 1 aromatic rings. The lowest BCUT2D eigenvalue weighted by molar-refractivity contribution is 0.0978. The quantitative estimate of drug-likeness (QED) is 0.589. The molecule has 0 aliphatic rings. The summed E-state index contributed by atoms with van der Waals surface area (Å²) in [7, 11) is 0. The zero-order chi connectivity index (χ0) is 11.6. The fraction of sp³-hybridized carbons (Fsp3) is 0.364. The first kappa shape index (κ1) is 13.0. The van der Waals surface area contributed by atoms with Crippen molar-refractivity contribution < 1.29 is 4.79 Å². The maximum absolute atomic E-state index is 11.9. The molecule has 0 radical (unpaired) electrons. The van der Waals surface area contributed by atoms with Crippen LogP contribution in [0.25, 0.3) is 0 Å². The van der Waals surface area contributed by atoms with Gasteiger partial charge < -0.3 is 0 Å². The summed E-state index contributed by atoms with van der Waals surface area (Å²) in [5.74, 6) is 0.274. The van der Waals surface area contributed by atoms with E-state index in [1.807, 2.05) is 13.8 Å². The molecule has 1 unspecified atom stereocenters. The van der Waals surface area contributed by atoms with Crippen LogP contribution in [-0.4, -0.2) is 10.6 Å². The summed E-state index contributed by atoms with van der Waals surface area (Å²) in [6, 6.07) is 4.92. The van der Waals surface area contributed by atoms with Gasteiger partial charge in [-0.05, 0) is 24.1 Å². The largest absolute Gasteiger partial charge is 0.293 e. The molecule has 0 spiro atoms. The van der Waals surface area contributed by atoms with Crippen LogP contribution >= 0.6 is 39.1 Å². The number of halogens is 3. The van der Waals surface area contributed by atoms with E-state index in [4.69, 9.17) is 23.2 Å². The molecule has 0 bridgehead atoms. The lowest BCUT2D eigenvalue weighted by Crippen LogP contribution is -2.19. The Hall–Kier alpha value is -0.0500. The Morgan fingerprint density at radius 1 is 1.27 bits per heavy atom. The Bertz CT molecular complexity index is 377. The molecule has 0 aliphatic heterocycles. The van der Waals surface area contributed by atoms with Gasteiger partial charge in [0.25, 0.3) is 0 Å². The third-order valence-electron chi connectivity index (χ3n) is 2.04. The number of Topliss-reactive ketones (excluding diaryl/α,β-unsaturated/α-hetero) is 1. The van der Waals surface area contributed by atoms with Crippen molar-refractivity contribution in [3.05, 3.63) is 33.8 Å². The fourth-order valence-corrected chi connectivity index (χ4v) is 1.67. The first-order chi connectivity index (χ1) is 6.93. The van der Waals surface area contributed by atoms with Gasteiger partial charge in [-0.25, -0.2) is 0 Å². The molecule has 15 heavy (non-hydrogen) atoms. The Kier molecular flexibility index (Phi) is 4.63. The van der Waals surface area contributed by atoms with Crippen molar-refractivity contribution in [1.29, 1.82) is 0 Å². The second kappa shape index (κ2) is 5.33. The molecule has 0 aliphatic carbocycles. The Morgan fingerprint density at radius 2 is 1.87 bits per heavy atom. The van der Waals surface area contributed by atoms with Gasteiger partial charge in [-0.15, -0.1) is 0 Å². The first-order valence-electron chi connectivity index (χ1n) is 4.57. The smallest absolute Gasteiger partial charge is 0.176 e. The first-order valence-corrected chi connectivity index (χ1v) is 6.24. The predicted molar refractivity (Wildman–Crippen MR) is 68.3 cm³/mol. The van der Waals surface area contributed by atoms with E-state index in [1.165, 1.54) is 0 Å². The van der Waals surface area contributed by atoms with Crippen molar-refractivity contribution >= 4 is 44.9 Å². The number of rotatable bonds is 3. The highest BCUT2D eigenvalue weighted by molar-refractivity contribution is 9.10. The summed E-state index contributed by atoms with van der Waals surface area (Å²) >= 11 is 15.0. The summed E-state index contributed by atoms with van der Waals surface area (Å²) in [4.78, 5) is 11.7. The number of hydrogen-bond acceptors (Lipinski definition) is 1. The van der Waals surface area contributed by atoms with E-state index in [0.717, 1.165) is 0 Å². The maximum Gasteiger partial charge on any atom is 0.176 e. The molecular formula is C11H11BrCl2O. The summed E-state index contributed by atoms with van der Waals surface area (Å²) in [6.07, 6.45) is 0. The fourth-order valence-electron chi connectivity index (χ4n) is 1.11. The van der Waals surface area contributed by atoms with Gasteiger partial charge in [0.1, 0.15) is 0 Å². The molecule has 4 heteroatoms. The van der Waals surface area contributed by atoms with Crippen LogP contribution < -0.4 is 0 Å². The molecule has 0 saturated heterocycles. The van der Waals surface area contributed by atoms with Crippen molar-refractivity contribution in [3.8, 4) is 0 Å². The van der Waals surface area contributed by atoms with Gasteiger partial charge in [-0.3, -0.25) is 4.79 Å². The SMILES string of the molecule is CC(C)C(Br)C(=O)c1ccc(Cl)c(Cl)c1. The van der Waals surface area contributed by atoms with Crippen LogP contribution in [0.2, 0.25) is 10.0 Å². The molecule has 0 amide bonds. The van der Waals surface area contributed by atoms with Crippen LogP contribution in [0.3, 0.4) is 0 Å². The molecule has 0 aromatic heterocycles. The lowest BCUT2D eigenvalue weighted by Gasteiger charge is -2.12. The van der Waals surface area contributed by atoms with E-state index in [0.29, 0.717) is 15.6 Å². The van der Waals surface area contributed by atoms with E-state index < -0.39 is 0 Å². The third-order valence-corrected chi connectivity index (χ3v) is 4.25. The predicted octanol–water partition coefficient (Wildman–Crippen LogP) is 4.60. The van der Waals surface area contributed by atoms with E-state index >= 15 is 0 Å². The Labute approximate surface area is 108 Å². The van der Waals surface area contributed by atoms with Crippen LogP contribution in [-0.2, 0) is 0 Å². The monoisotopic (exact) mass is 308 g/mol. The molecule has 0 N–H and O–H groups in total. The topological polar surface area (TPSA) is 17.1 Å². The molecule has 0 heterocycles. The average Bonchev–Trinajstić information content (AvgIpc) is 2.19. The van der Waals surface area contributed by atoms with Crippen molar-refractivity contribution in [2.45, 2.75) is 18.7 Å². The highest BCUT2D eigenvalue weighted by Crippen LogP contribution is 2.25. The number of alkyl halides is 1. The summed E-state index contributed by atoms with van der Waals surface area (Å²) < 4.78 is 0. The Balaban J connectivity index is 2.97. The zero-order valence-corrected chi connectivity index (χ0v) is 11.5. The highest BCUT2D eigenvalue weighted by Gasteiger charge is 2.20. The van der Waals surface area contributed by atoms with Gasteiger partial charge in [-0.1, -0.05) is 53.0 Å². The molecular weight excluding hydrogens is 299 g/mol. The average molecular weight is 310 g/mol. The minimum atomic E-state index is -0.185.